The Morgan fingerprint density at radius 1 is 1.05 bits per heavy atom. The number of hydrogen-bond acceptors (Lipinski definition) is 2. The van der Waals surface area contributed by atoms with E-state index >= 15 is 0 Å². The zero-order valence-corrected chi connectivity index (χ0v) is 12.0. The van der Waals surface area contributed by atoms with E-state index in [9.17, 15) is 4.79 Å². The average Bonchev–Trinajstić information content (AvgIpc) is 3.13. The van der Waals surface area contributed by atoms with E-state index in [2.05, 4.69) is 0 Å². The maximum atomic E-state index is 12.5. The minimum Gasteiger partial charge on any atom is -0.426 e. The fraction of sp³-hybridized carbons (Fsp3) is 0.611. The summed E-state index contributed by atoms with van der Waals surface area (Å²) in [4.78, 5) is 12.5. The highest BCUT2D eigenvalue weighted by Gasteiger charge is 2.56. The summed E-state index contributed by atoms with van der Waals surface area (Å²) in [5.74, 6) is 4.07. The first-order valence-electron chi connectivity index (χ1n) is 8.01. The van der Waals surface area contributed by atoms with Gasteiger partial charge in [0.1, 0.15) is 5.75 Å². The smallest absolute Gasteiger partial charge is 0.314 e. The first kappa shape index (κ1) is 12.4. The number of esters is 1. The Labute approximate surface area is 120 Å². The molecular formula is C18H22O2. The Balaban J connectivity index is 1.46. The Kier molecular flexibility index (Phi) is 2.87. The summed E-state index contributed by atoms with van der Waals surface area (Å²) in [5.41, 5.74) is 1.19. The van der Waals surface area contributed by atoms with Crippen molar-refractivity contribution in [1.29, 1.82) is 0 Å². The van der Waals surface area contributed by atoms with Crippen molar-refractivity contribution in [3.05, 3.63) is 29.8 Å². The van der Waals surface area contributed by atoms with Crippen molar-refractivity contribution < 1.29 is 9.53 Å². The van der Waals surface area contributed by atoms with E-state index < -0.39 is 0 Å². The molecule has 0 N–H and O–H groups in total. The van der Waals surface area contributed by atoms with E-state index in [0.717, 1.165) is 24.2 Å². The third-order valence-corrected chi connectivity index (χ3v) is 5.97. The van der Waals surface area contributed by atoms with Crippen molar-refractivity contribution in [3.8, 4) is 5.75 Å². The van der Waals surface area contributed by atoms with Crippen molar-refractivity contribution in [2.45, 2.75) is 39.0 Å². The molecule has 3 aliphatic rings. The van der Waals surface area contributed by atoms with E-state index in [1.807, 2.05) is 31.2 Å². The van der Waals surface area contributed by atoms with Crippen LogP contribution in [0.3, 0.4) is 0 Å². The van der Waals surface area contributed by atoms with Gasteiger partial charge in [0, 0.05) is 0 Å². The molecule has 5 atom stereocenters. The Morgan fingerprint density at radius 2 is 1.80 bits per heavy atom. The second kappa shape index (κ2) is 4.61. The van der Waals surface area contributed by atoms with E-state index in [1.165, 1.54) is 31.2 Å². The van der Waals surface area contributed by atoms with Crippen LogP contribution in [-0.2, 0) is 4.79 Å². The molecule has 4 rings (SSSR count). The highest BCUT2D eigenvalue weighted by molar-refractivity contribution is 5.76. The van der Waals surface area contributed by atoms with Crippen LogP contribution in [0.5, 0.6) is 5.75 Å². The molecule has 0 heterocycles. The van der Waals surface area contributed by atoms with Crippen molar-refractivity contribution in [1.82, 2.24) is 0 Å². The van der Waals surface area contributed by atoms with Gasteiger partial charge in [-0.15, -0.1) is 0 Å². The van der Waals surface area contributed by atoms with Gasteiger partial charge in [0.05, 0.1) is 5.92 Å². The van der Waals surface area contributed by atoms with Crippen LogP contribution in [0.4, 0.5) is 0 Å². The van der Waals surface area contributed by atoms with Crippen molar-refractivity contribution >= 4 is 5.97 Å². The molecular weight excluding hydrogens is 248 g/mol. The van der Waals surface area contributed by atoms with Gasteiger partial charge in [-0.05, 0) is 68.4 Å². The molecule has 2 heteroatoms. The lowest BCUT2D eigenvalue weighted by Crippen LogP contribution is -2.32. The lowest BCUT2D eigenvalue weighted by Gasteiger charge is -2.30. The highest BCUT2D eigenvalue weighted by atomic mass is 16.5. The fourth-order valence-electron chi connectivity index (χ4n) is 5.14. The van der Waals surface area contributed by atoms with Gasteiger partial charge < -0.3 is 4.74 Å². The van der Waals surface area contributed by atoms with Crippen LogP contribution >= 0.6 is 0 Å². The van der Waals surface area contributed by atoms with Crippen LogP contribution in [0.1, 0.15) is 37.7 Å². The van der Waals surface area contributed by atoms with E-state index in [-0.39, 0.29) is 11.9 Å². The molecule has 0 radical (unpaired) electrons. The molecule has 3 saturated carbocycles. The minimum absolute atomic E-state index is 0.0201. The van der Waals surface area contributed by atoms with E-state index in [4.69, 9.17) is 4.74 Å². The second-order valence-electron chi connectivity index (χ2n) is 6.99. The second-order valence-corrected chi connectivity index (χ2v) is 6.99. The topological polar surface area (TPSA) is 26.3 Å². The summed E-state index contributed by atoms with van der Waals surface area (Å²) < 4.78 is 5.62. The molecule has 3 fully saturated rings. The van der Waals surface area contributed by atoms with Crippen LogP contribution < -0.4 is 4.74 Å². The molecule has 1 aromatic rings. The summed E-state index contributed by atoms with van der Waals surface area (Å²) in [6, 6.07) is 7.80. The van der Waals surface area contributed by atoms with Crippen LogP contribution in [0.2, 0.25) is 0 Å². The summed E-state index contributed by atoms with van der Waals surface area (Å²) in [6.45, 7) is 2.04. The molecule has 0 aromatic heterocycles. The number of aryl methyl sites for hydroxylation is 1. The largest absolute Gasteiger partial charge is 0.426 e. The normalized spacial score (nSPS) is 38.0. The molecule has 3 aliphatic carbocycles. The van der Waals surface area contributed by atoms with Crippen molar-refractivity contribution in [2.24, 2.45) is 29.6 Å². The van der Waals surface area contributed by atoms with Crippen LogP contribution in [-0.4, -0.2) is 5.97 Å². The monoisotopic (exact) mass is 270 g/mol. The highest BCUT2D eigenvalue weighted by Crippen LogP contribution is 2.61. The van der Waals surface area contributed by atoms with Gasteiger partial charge in [-0.1, -0.05) is 24.1 Å². The zero-order valence-electron chi connectivity index (χ0n) is 12.0. The van der Waals surface area contributed by atoms with E-state index in [1.54, 1.807) is 0 Å². The Hall–Kier alpha value is -1.31. The van der Waals surface area contributed by atoms with Crippen molar-refractivity contribution in [3.63, 3.8) is 0 Å². The first-order chi connectivity index (χ1) is 9.72. The van der Waals surface area contributed by atoms with Gasteiger partial charge in [0.25, 0.3) is 0 Å². The quantitative estimate of drug-likeness (QED) is 0.600. The summed E-state index contributed by atoms with van der Waals surface area (Å²) >= 11 is 0. The van der Waals surface area contributed by atoms with Gasteiger partial charge in [-0.25, -0.2) is 0 Å². The van der Waals surface area contributed by atoms with E-state index in [0.29, 0.717) is 11.7 Å². The van der Waals surface area contributed by atoms with Crippen LogP contribution in [0, 0.1) is 36.5 Å². The average molecular weight is 270 g/mol. The summed E-state index contributed by atoms with van der Waals surface area (Å²) in [7, 11) is 0. The maximum absolute atomic E-state index is 12.5. The van der Waals surface area contributed by atoms with Gasteiger partial charge in [-0.3, -0.25) is 4.79 Å². The fourth-order valence-corrected chi connectivity index (χ4v) is 5.14. The SMILES string of the molecule is Cc1ccc(OC(=O)C2CC3CC2C2CCCC32)cc1. The lowest BCUT2D eigenvalue weighted by atomic mass is 9.76. The molecule has 0 saturated heterocycles. The molecule has 1 aromatic carbocycles. The molecule has 0 spiro atoms. The lowest BCUT2D eigenvalue weighted by molar-refractivity contribution is -0.141. The molecule has 2 bridgehead atoms. The van der Waals surface area contributed by atoms with Crippen LogP contribution in [0.25, 0.3) is 0 Å². The minimum atomic E-state index is 0.0201. The van der Waals surface area contributed by atoms with Gasteiger partial charge in [-0.2, -0.15) is 0 Å². The third-order valence-electron chi connectivity index (χ3n) is 5.97. The maximum Gasteiger partial charge on any atom is 0.314 e. The van der Waals surface area contributed by atoms with Gasteiger partial charge in [0.15, 0.2) is 0 Å². The standard InChI is InChI=1S/C18H22O2/c1-11-5-7-13(8-6-11)20-18(19)17-10-12-9-16(17)15-4-2-3-14(12)15/h5-8,12,14-17H,2-4,9-10H2,1H3. The molecule has 0 aliphatic heterocycles. The zero-order chi connectivity index (χ0) is 13.7. The number of benzene rings is 1. The third kappa shape index (κ3) is 1.88. The number of fused-ring (bicyclic) bond motifs is 5. The predicted octanol–water partition coefficient (Wildman–Crippen LogP) is 3.97. The summed E-state index contributed by atoms with van der Waals surface area (Å²) in [6.07, 6.45) is 6.49. The van der Waals surface area contributed by atoms with Gasteiger partial charge in [0.2, 0.25) is 0 Å². The molecule has 2 nitrogen and oxygen atoms in total. The molecule has 20 heavy (non-hydrogen) atoms. The number of ether oxygens (including phenoxy) is 1. The number of carbonyl (C=O) groups is 1. The number of carbonyl (C=O) groups excluding carboxylic acids is 1. The van der Waals surface area contributed by atoms with Crippen molar-refractivity contribution in [2.75, 3.05) is 0 Å². The first-order valence-corrected chi connectivity index (χ1v) is 8.01. The molecule has 0 amide bonds. The summed E-state index contributed by atoms with van der Waals surface area (Å²) in [5, 5.41) is 0. The van der Waals surface area contributed by atoms with Gasteiger partial charge >= 0.3 is 5.97 Å². The van der Waals surface area contributed by atoms with Crippen LogP contribution in [0.15, 0.2) is 24.3 Å². The Morgan fingerprint density at radius 3 is 2.60 bits per heavy atom. The molecule has 5 unspecified atom stereocenters. The molecule has 106 valence electrons. The number of hydrogen-bond donors (Lipinski definition) is 0. The number of rotatable bonds is 2. The Bertz CT molecular complexity index is 519. The predicted molar refractivity (Wildman–Crippen MR) is 77.3 cm³/mol.